The summed E-state index contributed by atoms with van der Waals surface area (Å²) >= 11 is 0. The summed E-state index contributed by atoms with van der Waals surface area (Å²) in [7, 11) is 0. The van der Waals surface area contributed by atoms with Gasteiger partial charge in [0.1, 0.15) is 12.6 Å². The fraction of sp³-hybridized carbons (Fsp3) is 0.444. The number of benzene rings is 2. The molecule has 0 saturated carbocycles. The molecule has 0 aromatic heterocycles. The fourth-order valence-corrected chi connectivity index (χ4v) is 4.04. The van der Waals surface area contributed by atoms with E-state index in [0.717, 1.165) is 11.1 Å². The van der Waals surface area contributed by atoms with Crippen LogP contribution in [0.25, 0.3) is 0 Å². The number of hydrogen-bond donors (Lipinski definition) is 0. The number of hydrogen-bond acceptors (Lipinski definition) is 6. The van der Waals surface area contributed by atoms with Crippen molar-refractivity contribution in [3.05, 3.63) is 71.8 Å². The maximum Gasteiger partial charge on any atom is 0.410 e. The number of nitrogens with zero attached hydrogens (tertiary/aromatic N) is 2. The third-order valence-corrected chi connectivity index (χ3v) is 5.90. The zero-order valence-corrected chi connectivity index (χ0v) is 20.4. The first kappa shape index (κ1) is 26.2. The number of carbonyl (C=O) groups excluding carboxylic acids is 3. The van der Waals surface area contributed by atoms with E-state index in [9.17, 15) is 14.4 Å². The summed E-state index contributed by atoms with van der Waals surface area (Å²) in [5.74, 6) is -0.659. The summed E-state index contributed by atoms with van der Waals surface area (Å²) in [6, 6.07) is 18.1. The molecule has 8 nitrogen and oxygen atoms in total. The number of amides is 2. The van der Waals surface area contributed by atoms with Gasteiger partial charge in [-0.3, -0.25) is 4.79 Å². The van der Waals surface area contributed by atoms with Crippen molar-refractivity contribution in [2.75, 3.05) is 26.3 Å². The highest BCUT2D eigenvalue weighted by molar-refractivity contribution is 5.85. The molecule has 188 valence electrons. The van der Waals surface area contributed by atoms with Crippen LogP contribution >= 0.6 is 0 Å². The standard InChI is InChI=1S/C27H34N2O6/c1-3-34-26(31)24(15-17-33-19-22-10-6-4-7-11-22)29-18-21(2)28(16-14-25(29)30)27(32)35-20-23-12-8-5-9-13-23/h4-13,21,24H,3,14-20H2,1-2H3/t21-,24+/m0/s1. The van der Waals surface area contributed by atoms with E-state index in [1.807, 2.05) is 67.6 Å². The third-order valence-electron chi connectivity index (χ3n) is 5.90. The monoisotopic (exact) mass is 482 g/mol. The average molecular weight is 483 g/mol. The van der Waals surface area contributed by atoms with Crippen molar-refractivity contribution in [3.63, 3.8) is 0 Å². The van der Waals surface area contributed by atoms with Crippen LogP contribution in [0.5, 0.6) is 0 Å². The Morgan fingerprint density at radius 2 is 1.60 bits per heavy atom. The summed E-state index contributed by atoms with van der Waals surface area (Å²) in [5.41, 5.74) is 1.92. The van der Waals surface area contributed by atoms with Crippen LogP contribution in [0.3, 0.4) is 0 Å². The van der Waals surface area contributed by atoms with Gasteiger partial charge in [0.2, 0.25) is 5.91 Å². The van der Waals surface area contributed by atoms with Crippen LogP contribution in [0.15, 0.2) is 60.7 Å². The van der Waals surface area contributed by atoms with E-state index in [1.165, 1.54) is 4.90 Å². The highest BCUT2D eigenvalue weighted by atomic mass is 16.6. The normalized spacial score (nSPS) is 17.0. The van der Waals surface area contributed by atoms with Gasteiger partial charge in [-0.05, 0) is 25.0 Å². The van der Waals surface area contributed by atoms with E-state index in [1.54, 1.807) is 11.8 Å². The maximum absolute atomic E-state index is 13.0. The Bertz CT molecular complexity index is 953. The van der Waals surface area contributed by atoms with Crippen LogP contribution in [0.4, 0.5) is 4.79 Å². The molecular weight excluding hydrogens is 448 g/mol. The van der Waals surface area contributed by atoms with Crippen LogP contribution in [-0.4, -0.2) is 66.2 Å². The van der Waals surface area contributed by atoms with E-state index in [4.69, 9.17) is 14.2 Å². The molecule has 0 bridgehead atoms. The third kappa shape index (κ3) is 7.82. The van der Waals surface area contributed by atoms with Crippen molar-refractivity contribution in [1.82, 2.24) is 9.80 Å². The molecule has 8 heteroatoms. The molecule has 0 N–H and O–H groups in total. The van der Waals surface area contributed by atoms with Crippen molar-refractivity contribution in [2.24, 2.45) is 0 Å². The number of carbonyl (C=O) groups is 3. The molecule has 35 heavy (non-hydrogen) atoms. The van der Waals surface area contributed by atoms with Gasteiger partial charge in [-0.15, -0.1) is 0 Å². The van der Waals surface area contributed by atoms with Gasteiger partial charge < -0.3 is 24.0 Å². The largest absolute Gasteiger partial charge is 0.464 e. The molecule has 2 aromatic carbocycles. The van der Waals surface area contributed by atoms with Crippen LogP contribution in [-0.2, 0) is 37.0 Å². The van der Waals surface area contributed by atoms with Gasteiger partial charge in [0, 0.05) is 38.6 Å². The molecule has 2 aromatic rings. The second kappa shape index (κ2) is 13.5. The summed E-state index contributed by atoms with van der Waals surface area (Å²) < 4.78 is 16.5. The molecule has 2 amide bonds. The lowest BCUT2D eigenvalue weighted by atomic mass is 10.1. The summed E-state index contributed by atoms with van der Waals surface area (Å²) in [6.07, 6.45) is -0.0661. The first-order chi connectivity index (χ1) is 17.0. The second-order valence-corrected chi connectivity index (χ2v) is 8.47. The number of rotatable bonds is 10. The van der Waals surface area contributed by atoms with Crippen LogP contribution in [0.1, 0.15) is 37.8 Å². The van der Waals surface area contributed by atoms with Crippen molar-refractivity contribution in [3.8, 4) is 0 Å². The zero-order chi connectivity index (χ0) is 25.0. The molecule has 0 aliphatic carbocycles. The maximum atomic E-state index is 13.0. The molecule has 1 aliphatic rings. The predicted molar refractivity (Wildman–Crippen MR) is 130 cm³/mol. The molecule has 0 unspecified atom stereocenters. The highest BCUT2D eigenvalue weighted by Gasteiger charge is 2.37. The van der Waals surface area contributed by atoms with Crippen molar-refractivity contribution in [2.45, 2.75) is 52.0 Å². The molecule has 0 spiro atoms. The average Bonchev–Trinajstić information content (AvgIpc) is 3.02. The van der Waals surface area contributed by atoms with Gasteiger partial charge >= 0.3 is 12.1 Å². The van der Waals surface area contributed by atoms with Crippen LogP contribution in [0, 0.1) is 0 Å². The summed E-state index contributed by atoms with van der Waals surface area (Å²) in [4.78, 5) is 41.6. The Morgan fingerprint density at radius 3 is 2.23 bits per heavy atom. The minimum absolute atomic E-state index is 0.103. The minimum atomic E-state index is -0.777. The fourth-order valence-electron chi connectivity index (χ4n) is 4.04. The smallest absolute Gasteiger partial charge is 0.410 e. The molecule has 3 rings (SSSR count). The lowest BCUT2D eigenvalue weighted by molar-refractivity contribution is -0.155. The zero-order valence-electron chi connectivity index (χ0n) is 20.4. The molecule has 1 fully saturated rings. The molecule has 1 heterocycles. The van der Waals surface area contributed by atoms with Gasteiger partial charge in [0.15, 0.2) is 0 Å². The second-order valence-electron chi connectivity index (χ2n) is 8.47. The summed E-state index contributed by atoms with van der Waals surface area (Å²) in [5, 5.41) is 0. The van der Waals surface area contributed by atoms with Crippen LogP contribution in [0.2, 0.25) is 0 Å². The Hall–Kier alpha value is -3.39. The first-order valence-electron chi connectivity index (χ1n) is 12.0. The highest BCUT2D eigenvalue weighted by Crippen LogP contribution is 2.19. The number of esters is 1. The van der Waals surface area contributed by atoms with Gasteiger partial charge in [0.25, 0.3) is 0 Å². The minimum Gasteiger partial charge on any atom is -0.464 e. The van der Waals surface area contributed by atoms with E-state index in [2.05, 4.69) is 0 Å². The van der Waals surface area contributed by atoms with E-state index < -0.39 is 18.1 Å². The van der Waals surface area contributed by atoms with E-state index in [0.29, 0.717) is 19.6 Å². The SMILES string of the molecule is CCOC(=O)[C@@H](CCOCc1ccccc1)N1C[C@H](C)N(C(=O)OCc2ccccc2)CCC1=O. The van der Waals surface area contributed by atoms with Gasteiger partial charge in [-0.2, -0.15) is 0 Å². The van der Waals surface area contributed by atoms with Gasteiger partial charge in [-0.25, -0.2) is 9.59 Å². The Balaban J connectivity index is 1.60. The lowest BCUT2D eigenvalue weighted by Gasteiger charge is -2.32. The molecule has 1 saturated heterocycles. The molecular formula is C27H34N2O6. The van der Waals surface area contributed by atoms with Crippen molar-refractivity contribution < 1.29 is 28.6 Å². The van der Waals surface area contributed by atoms with Crippen LogP contribution < -0.4 is 0 Å². The Labute approximate surface area is 206 Å². The molecule has 2 atom stereocenters. The number of ether oxygens (including phenoxy) is 3. The van der Waals surface area contributed by atoms with E-state index >= 15 is 0 Å². The lowest BCUT2D eigenvalue weighted by Crippen LogP contribution is -2.50. The topological polar surface area (TPSA) is 85.4 Å². The van der Waals surface area contributed by atoms with Crippen molar-refractivity contribution in [1.29, 1.82) is 0 Å². The Kier molecular flexibility index (Phi) is 10.1. The van der Waals surface area contributed by atoms with E-state index in [-0.39, 0.29) is 44.7 Å². The molecule has 1 aliphatic heterocycles. The molecule has 0 radical (unpaired) electrons. The van der Waals surface area contributed by atoms with Gasteiger partial charge in [0.05, 0.1) is 13.2 Å². The van der Waals surface area contributed by atoms with Crippen molar-refractivity contribution >= 4 is 18.0 Å². The first-order valence-corrected chi connectivity index (χ1v) is 12.0. The predicted octanol–water partition coefficient (Wildman–Crippen LogP) is 3.78. The summed E-state index contributed by atoms with van der Waals surface area (Å²) in [6.45, 7) is 5.11. The quantitative estimate of drug-likeness (QED) is 0.378. The Morgan fingerprint density at radius 1 is 0.971 bits per heavy atom. The van der Waals surface area contributed by atoms with Gasteiger partial charge in [-0.1, -0.05) is 60.7 Å².